The number of aliphatic hydroxyl groups is 3. The quantitative estimate of drug-likeness (QED) is 0.462. The molecule has 0 aromatic carbocycles. The van der Waals surface area contributed by atoms with Gasteiger partial charge in [-0.1, -0.05) is 6.92 Å². The summed E-state index contributed by atoms with van der Waals surface area (Å²) in [5.74, 6) is -0.0498. The SMILES string of the molecule is CCc1cn(C2O[C@H](CO)[C@@H](O)[C@H]2O)c2nc(N)[nH]c(=O)c12. The molecule has 3 rings (SSSR count). The van der Waals surface area contributed by atoms with Gasteiger partial charge in [0.1, 0.15) is 18.3 Å². The zero-order valence-corrected chi connectivity index (χ0v) is 11.9. The van der Waals surface area contributed by atoms with Crippen molar-refractivity contribution in [3.05, 3.63) is 22.1 Å². The molecule has 1 saturated heterocycles. The van der Waals surface area contributed by atoms with Crippen molar-refractivity contribution in [1.29, 1.82) is 0 Å². The number of nitrogens with zero attached hydrogens (tertiary/aromatic N) is 2. The van der Waals surface area contributed by atoms with E-state index >= 15 is 0 Å². The fraction of sp³-hybridized carbons (Fsp3) is 0.538. The molecule has 0 aliphatic carbocycles. The van der Waals surface area contributed by atoms with E-state index < -0.39 is 31.1 Å². The minimum Gasteiger partial charge on any atom is -0.394 e. The van der Waals surface area contributed by atoms with Crippen LogP contribution in [0.15, 0.2) is 11.0 Å². The van der Waals surface area contributed by atoms with Crippen LogP contribution >= 0.6 is 0 Å². The summed E-state index contributed by atoms with van der Waals surface area (Å²) in [6, 6.07) is 0. The number of H-pyrrole nitrogens is 1. The predicted octanol–water partition coefficient (Wildman–Crippen LogP) is -1.52. The largest absolute Gasteiger partial charge is 0.394 e. The van der Waals surface area contributed by atoms with E-state index in [1.165, 1.54) is 4.57 Å². The van der Waals surface area contributed by atoms with Crippen molar-refractivity contribution in [2.24, 2.45) is 0 Å². The van der Waals surface area contributed by atoms with Gasteiger partial charge in [0.15, 0.2) is 11.9 Å². The molecule has 2 aromatic rings. The molecule has 1 fully saturated rings. The van der Waals surface area contributed by atoms with Gasteiger partial charge in [0, 0.05) is 6.20 Å². The van der Waals surface area contributed by atoms with E-state index in [1.54, 1.807) is 6.20 Å². The maximum absolute atomic E-state index is 12.1. The first-order chi connectivity index (χ1) is 10.5. The topological polar surface area (TPSA) is 147 Å². The van der Waals surface area contributed by atoms with E-state index in [9.17, 15) is 20.1 Å². The van der Waals surface area contributed by atoms with Crippen LogP contribution in [0.5, 0.6) is 0 Å². The molecule has 0 spiro atoms. The number of nitrogen functional groups attached to an aromatic ring is 1. The van der Waals surface area contributed by atoms with E-state index in [4.69, 9.17) is 10.5 Å². The Balaban J connectivity index is 2.18. The number of rotatable bonds is 3. The Labute approximate surface area is 125 Å². The lowest BCUT2D eigenvalue weighted by Crippen LogP contribution is -2.33. The Kier molecular flexibility index (Phi) is 3.65. The minimum absolute atomic E-state index is 0.0498. The molecule has 22 heavy (non-hydrogen) atoms. The highest BCUT2D eigenvalue weighted by atomic mass is 16.6. The molecule has 3 heterocycles. The average molecular weight is 310 g/mol. The summed E-state index contributed by atoms with van der Waals surface area (Å²) in [4.78, 5) is 18.6. The number of fused-ring (bicyclic) bond motifs is 1. The molecule has 6 N–H and O–H groups in total. The third kappa shape index (κ3) is 2.10. The Bertz CT molecular complexity index is 755. The molecular weight excluding hydrogens is 292 g/mol. The fourth-order valence-corrected chi connectivity index (χ4v) is 2.82. The van der Waals surface area contributed by atoms with Crippen LogP contribution in [0.3, 0.4) is 0 Å². The molecule has 0 saturated carbocycles. The smallest absolute Gasteiger partial charge is 0.262 e. The molecule has 120 valence electrons. The molecule has 9 heteroatoms. The van der Waals surface area contributed by atoms with Crippen LogP contribution in [0, 0.1) is 0 Å². The lowest BCUT2D eigenvalue weighted by molar-refractivity contribution is -0.0509. The lowest BCUT2D eigenvalue weighted by Gasteiger charge is -2.17. The molecule has 2 aromatic heterocycles. The zero-order valence-electron chi connectivity index (χ0n) is 11.9. The molecule has 0 radical (unpaired) electrons. The molecule has 1 aliphatic rings. The number of ether oxygens (including phenoxy) is 1. The summed E-state index contributed by atoms with van der Waals surface area (Å²) in [5, 5.41) is 29.6. The van der Waals surface area contributed by atoms with Crippen LogP contribution < -0.4 is 11.3 Å². The van der Waals surface area contributed by atoms with Crippen LogP contribution in [0.2, 0.25) is 0 Å². The highest BCUT2D eigenvalue weighted by Crippen LogP contribution is 2.32. The van der Waals surface area contributed by atoms with E-state index in [0.29, 0.717) is 11.8 Å². The highest BCUT2D eigenvalue weighted by molar-refractivity contribution is 5.80. The number of aryl methyl sites for hydroxylation is 1. The number of hydrogen-bond donors (Lipinski definition) is 5. The van der Waals surface area contributed by atoms with Crippen molar-refractivity contribution in [1.82, 2.24) is 14.5 Å². The number of aromatic nitrogens is 3. The molecule has 0 amide bonds. The number of aromatic amines is 1. The van der Waals surface area contributed by atoms with Crippen LogP contribution in [0.25, 0.3) is 11.0 Å². The third-order valence-electron chi connectivity index (χ3n) is 3.95. The average Bonchev–Trinajstić information content (AvgIpc) is 2.98. The van der Waals surface area contributed by atoms with Gasteiger partial charge >= 0.3 is 0 Å². The first-order valence-electron chi connectivity index (χ1n) is 6.99. The minimum atomic E-state index is -1.25. The van der Waals surface area contributed by atoms with Gasteiger partial charge in [0.05, 0.1) is 12.0 Å². The normalized spacial score (nSPS) is 28.5. The van der Waals surface area contributed by atoms with Crippen molar-refractivity contribution in [2.75, 3.05) is 12.3 Å². The lowest BCUT2D eigenvalue weighted by atomic mass is 10.1. The third-order valence-corrected chi connectivity index (χ3v) is 3.95. The molecule has 9 nitrogen and oxygen atoms in total. The zero-order chi connectivity index (χ0) is 16.0. The first-order valence-corrected chi connectivity index (χ1v) is 6.99. The summed E-state index contributed by atoms with van der Waals surface area (Å²) in [6.45, 7) is 1.46. The van der Waals surface area contributed by atoms with E-state index in [-0.39, 0.29) is 17.2 Å². The van der Waals surface area contributed by atoms with Gasteiger partial charge in [-0.2, -0.15) is 4.98 Å². The number of anilines is 1. The summed E-state index contributed by atoms with van der Waals surface area (Å²) < 4.78 is 6.96. The van der Waals surface area contributed by atoms with Crippen molar-refractivity contribution in [2.45, 2.75) is 37.9 Å². The van der Waals surface area contributed by atoms with Gasteiger partial charge < -0.3 is 30.4 Å². The van der Waals surface area contributed by atoms with Gasteiger partial charge in [-0.25, -0.2) is 0 Å². The summed E-state index contributed by atoms with van der Waals surface area (Å²) in [5.41, 5.74) is 6.21. The van der Waals surface area contributed by atoms with Gasteiger partial charge in [-0.3, -0.25) is 9.78 Å². The fourth-order valence-electron chi connectivity index (χ4n) is 2.82. The number of hydrogen-bond acceptors (Lipinski definition) is 7. The van der Waals surface area contributed by atoms with Crippen molar-refractivity contribution in [3.8, 4) is 0 Å². The summed E-state index contributed by atoms with van der Waals surface area (Å²) in [6.07, 6.45) is -2.11. The van der Waals surface area contributed by atoms with E-state index in [2.05, 4.69) is 9.97 Å². The Morgan fingerprint density at radius 2 is 2.18 bits per heavy atom. The van der Waals surface area contributed by atoms with Crippen molar-refractivity contribution in [3.63, 3.8) is 0 Å². The molecule has 1 aliphatic heterocycles. The molecule has 4 atom stereocenters. The second-order valence-corrected chi connectivity index (χ2v) is 5.29. The first kappa shape index (κ1) is 15.0. The molecular formula is C13H18N4O5. The van der Waals surface area contributed by atoms with Crippen LogP contribution in [-0.2, 0) is 11.2 Å². The Hall–Kier alpha value is -1.94. The van der Waals surface area contributed by atoms with Gasteiger partial charge in [0.25, 0.3) is 5.56 Å². The standard InChI is InChI=1S/C13H18N4O5/c1-2-5-3-17(10-7(5)11(21)16-13(14)15-10)12-9(20)8(19)6(4-18)22-12/h3,6,8-9,12,18-20H,2,4H2,1H3,(H3,14,15,16,21)/t6-,8-,9-,12?/m1/s1. The molecule has 0 bridgehead atoms. The van der Waals surface area contributed by atoms with Gasteiger partial charge in [-0.15, -0.1) is 0 Å². The predicted molar refractivity (Wildman–Crippen MR) is 77.2 cm³/mol. The Morgan fingerprint density at radius 3 is 2.77 bits per heavy atom. The van der Waals surface area contributed by atoms with Gasteiger partial charge in [-0.05, 0) is 12.0 Å². The van der Waals surface area contributed by atoms with E-state index in [1.807, 2.05) is 6.92 Å². The number of aliphatic hydroxyl groups excluding tert-OH is 3. The second kappa shape index (κ2) is 5.36. The van der Waals surface area contributed by atoms with Crippen LogP contribution in [0.4, 0.5) is 5.95 Å². The van der Waals surface area contributed by atoms with Crippen LogP contribution in [-0.4, -0.2) is 54.8 Å². The van der Waals surface area contributed by atoms with Crippen molar-refractivity contribution >= 4 is 17.0 Å². The van der Waals surface area contributed by atoms with Crippen molar-refractivity contribution < 1.29 is 20.1 Å². The summed E-state index contributed by atoms with van der Waals surface area (Å²) >= 11 is 0. The maximum Gasteiger partial charge on any atom is 0.262 e. The molecule has 1 unspecified atom stereocenters. The maximum atomic E-state index is 12.1. The number of nitrogens with two attached hydrogens (primary N) is 1. The Morgan fingerprint density at radius 1 is 1.45 bits per heavy atom. The highest BCUT2D eigenvalue weighted by Gasteiger charge is 2.44. The van der Waals surface area contributed by atoms with Crippen LogP contribution in [0.1, 0.15) is 18.7 Å². The second-order valence-electron chi connectivity index (χ2n) is 5.29. The number of nitrogens with one attached hydrogen (secondary N) is 1. The van der Waals surface area contributed by atoms with E-state index in [0.717, 1.165) is 5.56 Å². The van der Waals surface area contributed by atoms with Gasteiger partial charge in [0.2, 0.25) is 5.95 Å². The monoisotopic (exact) mass is 310 g/mol. The summed E-state index contributed by atoms with van der Waals surface area (Å²) in [7, 11) is 0.